The lowest BCUT2D eigenvalue weighted by Crippen LogP contribution is -2.20. The molecule has 1 aromatic heterocycles. The molecular weight excluding hydrogens is 188 g/mol. The van der Waals surface area contributed by atoms with Crippen LogP contribution in [0.3, 0.4) is 0 Å². The van der Waals surface area contributed by atoms with Crippen LogP contribution in [0.4, 0.5) is 11.6 Å². The summed E-state index contributed by atoms with van der Waals surface area (Å²) in [5, 5.41) is 3.31. The fourth-order valence-corrected chi connectivity index (χ4v) is 2.20. The molecule has 4 nitrogen and oxygen atoms in total. The van der Waals surface area contributed by atoms with Crippen LogP contribution in [0.1, 0.15) is 19.4 Å². The van der Waals surface area contributed by atoms with Crippen LogP contribution in [0.25, 0.3) is 11.0 Å². The highest BCUT2D eigenvalue weighted by molar-refractivity contribution is 5.82. The number of fused-ring (bicyclic) bond motifs is 3. The molecule has 0 saturated carbocycles. The molecule has 0 amide bonds. The van der Waals surface area contributed by atoms with Gasteiger partial charge >= 0.3 is 0 Å². The number of hydrogen-bond donors (Lipinski definition) is 2. The minimum Gasteiger partial charge on any atom is -0.399 e. The van der Waals surface area contributed by atoms with Gasteiger partial charge in [0.1, 0.15) is 0 Å². The second-order valence-electron chi connectivity index (χ2n) is 4.12. The van der Waals surface area contributed by atoms with Gasteiger partial charge in [0.05, 0.1) is 11.0 Å². The summed E-state index contributed by atoms with van der Waals surface area (Å²) in [5.74, 6) is 0.967. The van der Waals surface area contributed by atoms with Crippen LogP contribution in [-0.4, -0.2) is 16.1 Å². The van der Waals surface area contributed by atoms with Gasteiger partial charge in [0, 0.05) is 18.3 Å². The average Bonchev–Trinajstić information content (AvgIpc) is 2.57. The normalized spacial score (nSPS) is 19.9. The lowest BCUT2D eigenvalue weighted by Gasteiger charge is -2.23. The molecule has 3 rings (SSSR count). The zero-order valence-corrected chi connectivity index (χ0v) is 8.70. The molecular formula is C11H14N4. The summed E-state index contributed by atoms with van der Waals surface area (Å²) in [7, 11) is 0. The summed E-state index contributed by atoms with van der Waals surface area (Å²) >= 11 is 0. The van der Waals surface area contributed by atoms with E-state index < -0.39 is 0 Å². The number of nitrogens with zero attached hydrogens (tertiary/aromatic N) is 2. The van der Waals surface area contributed by atoms with Gasteiger partial charge in [-0.05, 0) is 31.5 Å². The Morgan fingerprint density at radius 3 is 3.27 bits per heavy atom. The highest BCUT2D eigenvalue weighted by atomic mass is 15.2. The highest BCUT2D eigenvalue weighted by Crippen LogP contribution is 2.30. The van der Waals surface area contributed by atoms with Gasteiger partial charge in [0.15, 0.2) is 0 Å². The van der Waals surface area contributed by atoms with Crippen molar-refractivity contribution in [3.05, 3.63) is 18.2 Å². The summed E-state index contributed by atoms with van der Waals surface area (Å²) in [6.45, 7) is 3.22. The van der Waals surface area contributed by atoms with Crippen molar-refractivity contribution in [3.8, 4) is 0 Å². The van der Waals surface area contributed by atoms with Crippen LogP contribution in [0, 0.1) is 0 Å². The molecule has 0 bridgehead atoms. The third-order valence-corrected chi connectivity index (χ3v) is 3.00. The fourth-order valence-electron chi connectivity index (χ4n) is 2.20. The Hall–Kier alpha value is -1.71. The van der Waals surface area contributed by atoms with Crippen LogP contribution in [-0.2, 0) is 0 Å². The van der Waals surface area contributed by atoms with Crippen LogP contribution >= 0.6 is 0 Å². The van der Waals surface area contributed by atoms with Crippen molar-refractivity contribution < 1.29 is 0 Å². The predicted molar refractivity (Wildman–Crippen MR) is 62.0 cm³/mol. The van der Waals surface area contributed by atoms with Crippen molar-refractivity contribution in [1.82, 2.24) is 9.55 Å². The van der Waals surface area contributed by atoms with Gasteiger partial charge < -0.3 is 15.6 Å². The van der Waals surface area contributed by atoms with E-state index in [2.05, 4.69) is 21.8 Å². The van der Waals surface area contributed by atoms with E-state index in [0.29, 0.717) is 6.04 Å². The summed E-state index contributed by atoms with van der Waals surface area (Å²) < 4.78 is 2.23. The summed E-state index contributed by atoms with van der Waals surface area (Å²) in [4.78, 5) is 4.54. The van der Waals surface area contributed by atoms with E-state index in [9.17, 15) is 0 Å². The minimum atomic E-state index is 0.494. The Balaban J connectivity index is 2.33. The third kappa shape index (κ3) is 1.17. The number of benzene rings is 1. The van der Waals surface area contributed by atoms with Crippen LogP contribution in [0.5, 0.6) is 0 Å². The maximum Gasteiger partial charge on any atom is 0.204 e. The van der Waals surface area contributed by atoms with Gasteiger partial charge in [-0.3, -0.25) is 0 Å². The number of anilines is 2. The SMILES string of the molecule is CC1CCNc2nc3ccc(N)cc3n21. The predicted octanol–water partition coefficient (Wildman–Crippen LogP) is 2.00. The molecule has 1 unspecified atom stereocenters. The van der Waals surface area contributed by atoms with E-state index >= 15 is 0 Å². The molecule has 15 heavy (non-hydrogen) atoms. The number of nitrogens with one attached hydrogen (secondary N) is 1. The largest absolute Gasteiger partial charge is 0.399 e. The standard InChI is InChI=1S/C11H14N4/c1-7-4-5-13-11-14-9-3-2-8(12)6-10(9)15(7)11/h2-3,6-7H,4-5,12H2,1H3,(H,13,14). The molecule has 0 fully saturated rings. The van der Waals surface area contributed by atoms with E-state index in [1.807, 2.05) is 18.2 Å². The van der Waals surface area contributed by atoms with E-state index in [0.717, 1.165) is 35.6 Å². The first kappa shape index (κ1) is 8.59. The van der Waals surface area contributed by atoms with Crippen LogP contribution < -0.4 is 11.1 Å². The Morgan fingerprint density at radius 1 is 1.53 bits per heavy atom. The number of imidazole rings is 1. The molecule has 0 spiro atoms. The highest BCUT2D eigenvalue weighted by Gasteiger charge is 2.19. The van der Waals surface area contributed by atoms with Crippen molar-refractivity contribution >= 4 is 22.7 Å². The summed E-state index contributed by atoms with van der Waals surface area (Å²) in [6, 6.07) is 6.36. The van der Waals surface area contributed by atoms with Gasteiger partial charge in [-0.2, -0.15) is 0 Å². The first-order chi connectivity index (χ1) is 7.25. The molecule has 0 saturated heterocycles. The van der Waals surface area contributed by atoms with E-state index in [-0.39, 0.29) is 0 Å². The molecule has 0 aliphatic carbocycles. The van der Waals surface area contributed by atoms with Gasteiger partial charge in [0.25, 0.3) is 0 Å². The summed E-state index contributed by atoms with van der Waals surface area (Å²) in [5.41, 5.74) is 8.74. The first-order valence-corrected chi connectivity index (χ1v) is 5.27. The quantitative estimate of drug-likeness (QED) is 0.642. The topological polar surface area (TPSA) is 55.9 Å². The van der Waals surface area contributed by atoms with Crippen molar-refractivity contribution in [1.29, 1.82) is 0 Å². The number of hydrogen-bond acceptors (Lipinski definition) is 3. The molecule has 1 aromatic carbocycles. The van der Waals surface area contributed by atoms with Gasteiger partial charge in [-0.25, -0.2) is 4.98 Å². The number of aromatic nitrogens is 2. The zero-order valence-electron chi connectivity index (χ0n) is 8.70. The number of rotatable bonds is 0. The lowest BCUT2D eigenvalue weighted by molar-refractivity contribution is 0.511. The van der Waals surface area contributed by atoms with E-state index in [1.54, 1.807) is 0 Å². The maximum absolute atomic E-state index is 5.80. The van der Waals surface area contributed by atoms with Gasteiger partial charge in [-0.1, -0.05) is 0 Å². The van der Waals surface area contributed by atoms with E-state index in [1.165, 1.54) is 0 Å². The van der Waals surface area contributed by atoms with Crippen molar-refractivity contribution in [2.24, 2.45) is 0 Å². The molecule has 2 heterocycles. The number of nitrogen functional groups attached to an aromatic ring is 1. The Bertz CT molecular complexity index is 515. The Kier molecular flexibility index (Phi) is 1.65. The smallest absolute Gasteiger partial charge is 0.204 e. The van der Waals surface area contributed by atoms with Gasteiger partial charge in [-0.15, -0.1) is 0 Å². The van der Waals surface area contributed by atoms with Crippen molar-refractivity contribution in [3.63, 3.8) is 0 Å². The second kappa shape index (κ2) is 2.89. The number of nitrogens with two attached hydrogens (primary N) is 1. The Labute approximate surface area is 88.1 Å². The van der Waals surface area contributed by atoms with Gasteiger partial charge in [0.2, 0.25) is 5.95 Å². The molecule has 3 N–H and O–H groups in total. The van der Waals surface area contributed by atoms with Crippen LogP contribution in [0.2, 0.25) is 0 Å². The lowest BCUT2D eigenvalue weighted by atomic mass is 10.2. The second-order valence-corrected chi connectivity index (χ2v) is 4.12. The molecule has 2 aromatic rings. The molecule has 0 radical (unpaired) electrons. The monoisotopic (exact) mass is 202 g/mol. The Morgan fingerprint density at radius 2 is 2.40 bits per heavy atom. The molecule has 4 heteroatoms. The third-order valence-electron chi connectivity index (χ3n) is 3.00. The molecule has 1 aliphatic heterocycles. The van der Waals surface area contributed by atoms with Crippen LogP contribution in [0.15, 0.2) is 18.2 Å². The van der Waals surface area contributed by atoms with E-state index in [4.69, 9.17) is 5.73 Å². The first-order valence-electron chi connectivity index (χ1n) is 5.27. The summed E-state index contributed by atoms with van der Waals surface area (Å²) in [6.07, 6.45) is 1.13. The molecule has 78 valence electrons. The molecule has 1 atom stereocenters. The zero-order chi connectivity index (χ0) is 10.4. The minimum absolute atomic E-state index is 0.494. The maximum atomic E-state index is 5.80. The van der Waals surface area contributed by atoms with Crippen molar-refractivity contribution in [2.75, 3.05) is 17.6 Å². The fraction of sp³-hybridized carbons (Fsp3) is 0.364. The average molecular weight is 202 g/mol. The molecule has 1 aliphatic rings. The van der Waals surface area contributed by atoms with Crippen molar-refractivity contribution in [2.45, 2.75) is 19.4 Å².